The number of halogens is 2. The van der Waals surface area contributed by atoms with Gasteiger partial charge in [-0.15, -0.1) is 0 Å². The molecule has 0 aliphatic carbocycles. The molecule has 4 amide bonds. The molecule has 0 fully saturated rings. The number of amides is 4. The van der Waals surface area contributed by atoms with E-state index in [1.807, 2.05) is 0 Å². The highest BCUT2D eigenvalue weighted by Crippen LogP contribution is 2.22. The monoisotopic (exact) mass is 347 g/mol. The SMILES string of the molecule is CC(C)N(C(=O)NCC(=O)O)C(=O)Nc1cc(Cl)cc(Cl)c1. The van der Waals surface area contributed by atoms with Crippen LogP contribution in [0, 0.1) is 0 Å². The van der Waals surface area contributed by atoms with Crippen LogP contribution in [0.3, 0.4) is 0 Å². The summed E-state index contributed by atoms with van der Waals surface area (Å²) in [6.45, 7) is 2.65. The average Bonchev–Trinajstić information content (AvgIpc) is 2.34. The first-order valence-electron chi connectivity index (χ1n) is 6.26. The molecule has 0 unspecified atom stereocenters. The smallest absolute Gasteiger partial charge is 0.330 e. The van der Waals surface area contributed by atoms with Crippen molar-refractivity contribution in [3.8, 4) is 0 Å². The van der Waals surface area contributed by atoms with Gasteiger partial charge in [-0.05, 0) is 32.0 Å². The Kier molecular flexibility index (Phi) is 6.45. The molecule has 7 nitrogen and oxygen atoms in total. The summed E-state index contributed by atoms with van der Waals surface area (Å²) in [4.78, 5) is 35.4. The van der Waals surface area contributed by atoms with Gasteiger partial charge < -0.3 is 15.7 Å². The Bertz CT molecular complexity index is 572. The highest BCUT2D eigenvalue weighted by atomic mass is 35.5. The number of nitrogens with zero attached hydrogens (tertiary/aromatic N) is 1. The highest BCUT2D eigenvalue weighted by molar-refractivity contribution is 6.35. The van der Waals surface area contributed by atoms with Crippen LogP contribution in [0.5, 0.6) is 0 Å². The molecule has 0 saturated heterocycles. The van der Waals surface area contributed by atoms with Gasteiger partial charge in [-0.3, -0.25) is 4.79 Å². The van der Waals surface area contributed by atoms with Gasteiger partial charge >= 0.3 is 18.0 Å². The van der Waals surface area contributed by atoms with E-state index in [0.717, 1.165) is 4.90 Å². The van der Waals surface area contributed by atoms with Gasteiger partial charge in [0, 0.05) is 21.8 Å². The number of anilines is 1. The summed E-state index contributed by atoms with van der Waals surface area (Å²) in [5, 5.41) is 13.8. The molecule has 0 bridgehead atoms. The molecule has 1 aromatic carbocycles. The molecule has 0 heterocycles. The number of carboxylic acid groups (broad SMARTS) is 1. The van der Waals surface area contributed by atoms with Crippen LogP contribution in [0.2, 0.25) is 10.0 Å². The van der Waals surface area contributed by atoms with Gasteiger partial charge in [0.2, 0.25) is 0 Å². The van der Waals surface area contributed by atoms with Crippen LogP contribution in [0.4, 0.5) is 15.3 Å². The second-order valence-corrected chi connectivity index (χ2v) is 5.48. The molecule has 0 saturated carbocycles. The Balaban J connectivity index is 2.85. The van der Waals surface area contributed by atoms with Gasteiger partial charge in [-0.2, -0.15) is 0 Å². The number of aliphatic carboxylic acids is 1. The summed E-state index contributed by atoms with van der Waals surface area (Å²) >= 11 is 11.7. The van der Waals surface area contributed by atoms with Crippen molar-refractivity contribution in [3.63, 3.8) is 0 Å². The molecule has 1 aromatic rings. The van der Waals surface area contributed by atoms with E-state index < -0.39 is 30.6 Å². The summed E-state index contributed by atoms with van der Waals surface area (Å²) in [5.74, 6) is -1.21. The maximum Gasteiger partial charge on any atom is 0.330 e. The second kappa shape index (κ2) is 7.86. The third-order valence-corrected chi connectivity index (χ3v) is 2.90. The maximum absolute atomic E-state index is 12.2. The zero-order chi connectivity index (χ0) is 16.9. The fourth-order valence-corrected chi connectivity index (χ4v) is 2.13. The zero-order valence-corrected chi connectivity index (χ0v) is 13.4. The van der Waals surface area contributed by atoms with E-state index in [1.54, 1.807) is 13.8 Å². The number of hydrogen-bond donors (Lipinski definition) is 3. The van der Waals surface area contributed by atoms with Gasteiger partial charge in [0.25, 0.3) is 0 Å². The van der Waals surface area contributed by atoms with Crippen LogP contribution in [-0.2, 0) is 4.79 Å². The second-order valence-electron chi connectivity index (χ2n) is 4.60. The van der Waals surface area contributed by atoms with Crippen molar-refractivity contribution in [3.05, 3.63) is 28.2 Å². The fraction of sp³-hybridized carbons (Fsp3) is 0.308. The van der Waals surface area contributed by atoms with Crippen LogP contribution >= 0.6 is 23.2 Å². The topological polar surface area (TPSA) is 98.7 Å². The number of hydrogen-bond acceptors (Lipinski definition) is 3. The third-order valence-electron chi connectivity index (χ3n) is 2.46. The maximum atomic E-state index is 12.2. The van der Waals surface area contributed by atoms with Crippen LogP contribution in [0.25, 0.3) is 0 Å². The van der Waals surface area contributed by atoms with Crippen LogP contribution in [0.15, 0.2) is 18.2 Å². The summed E-state index contributed by atoms with van der Waals surface area (Å²) < 4.78 is 0. The van der Waals surface area contributed by atoms with Gasteiger partial charge in [0.15, 0.2) is 0 Å². The molecule has 0 aliphatic rings. The van der Waals surface area contributed by atoms with E-state index in [2.05, 4.69) is 10.6 Å². The third kappa shape index (κ3) is 5.42. The number of imide groups is 1. The largest absolute Gasteiger partial charge is 0.480 e. The summed E-state index contributed by atoms with van der Waals surface area (Å²) in [7, 11) is 0. The molecule has 1 rings (SSSR count). The molecular formula is C13H15Cl2N3O4. The minimum atomic E-state index is -1.21. The molecule has 9 heteroatoms. The quantitative estimate of drug-likeness (QED) is 0.779. The number of nitrogens with one attached hydrogen (secondary N) is 2. The van der Waals surface area contributed by atoms with Crippen molar-refractivity contribution >= 4 is 46.9 Å². The molecule has 0 spiro atoms. The fourth-order valence-electron chi connectivity index (χ4n) is 1.61. The lowest BCUT2D eigenvalue weighted by Crippen LogP contribution is -2.50. The van der Waals surface area contributed by atoms with Crippen LogP contribution < -0.4 is 10.6 Å². The Hall–Kier alpha value is -1.99. The van der Waals surface area contributed by atoms with E-state index in [0.29, 0.717) is 15.7 Å². The Morgan fingerprint density at radius 1 is 1.14 bits per heavy atom. The minimum Gasteiger partial charge on any atom is -0.480 e. The molecular weight excluding hydrogens is 333 g/mol. The molecule has 3 N–H and O–H groups in total. The van der Waals surface area contributed by atoms with Crippen molar-refractivity contribution in [1.82, 2.24) is 10.2 Å². The number of benzene rings is 1. The first-order valence-corrected chi connectivity index (χ1v) is 7.02. The first kappa shape index (κ1) is 18.1. The number of carbonyl (C=O) groups excluding carboxylic acids is 2. The summed E-state index contributed by atoms with van der Waals surface area (Å²) in [6.07, 6.45) is 0. The lowest BCUT2D eigenvalue weighted by molar-refractivity contribution is -0.135. The Morgan fingerprint density at radius 2 is 1.68 bits per heavy atom. The van der Waals surface area contributed by atoms with Gasteiger partial charge in [-0.1, -0.05) is 23.2 Å². The van der Waals surface area contributed by atoms with E-state index in [1.165, 1.54) is 18.2 Å². The summed E-state index contributed by atoms with van der Waals surface area (Å²) in [6, 6.07) is 2.42. The van der Waals surface area contributed by atoms with Crippen LogP contribution in [-0.4, -0.2) is 40.6 Å². The van der Waals surface area contributed by atoms with Crippen molar-refractivity contribution in [2.45, 2.75) is 19.9 Å². The van der Waals surface area contributed by atoms with Gasteiger partial charge in [0.05, 0.1) is 0 Å². The lowest BCUT2D eigenvalue weighted by Gasteiger charge is -2.25. The first-order chi connectivity index (χ1) is 10.2. The molecule has 0 atom stereocenters. The predicted molar refractivity (Wildman–Crippen MR) is 83.5 cm³/mol. The minimum absolute atomic E-state index is 0.319. The number of rotatable bonds is 4. The van der Waals surface area contributed by atoms with E-state index in [4.69, 9.17) is 28.3 Å². The van der Waals surface area contributed by atoms with E-state index >= 15 is 0 Å². The van der Waals surface area contributed by atoms with Crippen molar-refractivity contribution in [1.29, 1.82) is 0 Å². The molecule has 0 radical (unpaired) electrons. The van der Waals surface area contributed by atoms with Crippen molar-refractivity contribution < 1.29 is 19.5 Å². The Morgan fingerprint density at radius 3 is 2.14 bits per heavy atom. The number of urea groups is 2. The van der Waals surface area contributed by atoms with Gasteiger partial charge in [0.1, 0.15) is 6.54 Å². The molecule has 22 heavy (non-hydrogen) atoms. The highest BCUT2D eigenvalue weighted by Gasteiger charge is 2.25. The average molecular weight is 348 g/mol. The number of carboxylic acids is 1. The predicted octanol–water partition coefficient (Wildman–Crippen LogP) is 3.03. The van der Waals surface area contributed by atoms with Crippen LogP contribution in [0.1, 0.15) is 13.8 Å². The normalized spacial score (nSPS) is 10.2. The van der Waals surface area contributed by atoms with Crippen molar-refractivity contribution in [2.24, 2.45) is 0 Å². The molecule has 0 aromatic heterocycles. The molecule has 120 valence electrons. The standard InChI is InChI=1S/C13H15Cl2N3O4/c1-7(2)18(12(21)16-6-11(19)20)13(22)17-10-4-8(14)3-9(15)5-10/h3-5,7H,6H2,1-2H3,(H,16,21)(H,17,22)(H,19,20). The summed E-state index contributed by atoms with van der Waals surface area (Å²) in [5.41, 5.74) is 0.319. The lowest BCUT2D eigenvalue weighted by atomic mass is 10.3. The zero-order valence-electron chi connectivity index (χ0n) is 11.9. The van der Waals surface area contributed by atoms with Gasteiger partial charge in [-0.25, -0.2) is 14.5 Å². The number of carbonyl (C=O) groups is 3. The Labute approximate surface area is 137 Å². The molecule has 0 aliphatic heterocycles. The van der Waals surface area contributed by atoms with E-state index in [-0.39, 0.29) is 0 Å². The van der Waals surface area contributed by atoms with Crippen molar-refractivity contribution in [2.75, 3.05) is 11.9 Å². The van der Waals surface area contributed by atoms with E-state index in [9.17, 15) is 14.4 Å².